The van der Waals surface area contributed by atoms with Crippen molar-refractivity contribution in [1.29, 1.82) is 0 Å². The molecule has 0 bridgehead atoms. The molecule has 3 rings (SSSR count). The molecule has 1 heterocycles. The number of carbonyl (C=O) groups is 2. The van der Waals surface area contributed by atoms with Crippen LogP contribution in [0.3, 0.4) is 0 Å². The summed E-state index contributed by atoms with van der Waals surface area (Å²) in [6.07, 6.45) is 12.7. The van der Waals surface area contributed by atoms with Gasteiger partial charge in [0.1, 0.15) is 6.26 Å². The Morgan fingerprint density at radius 1 is 1.12 bits per heavy atom. The van der Waals surface area contributed by atoms with Crippen LogP contribution in [0.5, 0.6) is 0 Å². The molecule has 6 nitrogen and oxygen atoms in total. The summed E-state index contributed by atoms with van der Waals surface area (Å²) < 4.78 is 5.48. The van der Waals surface area contributed by atoms with Crippen molar-refractivity contribution in [2.75, 3.05) is 0 Å². The van der Waals surface area contributed by atoms with Gasteiger partial charge >= 0.3 is 0 Å². The summed E-state index contributed by atoms with van der Waals surface area (Å²) in [5.74, 6) is 0.307. The Morgan fingerprint density at radius 3 is 2.40 bits per heavy atom. The van der Waals surface area contributed by atoms with Crippen molar-refractivity contribution < 1.29 is 14.0 Å². The van der Waals surface area contributed by atoms with Crippen LogP contribution in [-0.2, 0) is 11.3 Å². The lowest BCUT2D eigenvalue weighted by Gasteiger charge is -2.32. The van der Waals surface area contributed by atoms with E-state index >= 15 is 0 Å². The van der Waals surface area contributed by atoms with Gasteiger partial charge in [-0.15, -0.1) is 0 Å². The fourth-order valence-electron chi connectivity index (χ4n) is 4.03. The van der Waals surface area contributed by atoms with Crippen LogP contribution in [0.25, 0.3) is 0 Å². The summed E-state index contributed by atoms with van der Waals surface area (Å²) in [4.78, 5) is 30.5. The topological polar surface area (TPSA) is 75.4 Å². The molecule has 1 N–H and O–H groups in total. The van der Waals surface area contributed by atoms with E-state index in [1.54, 1.807) is 6.92 Å². The Morgan fingerprint density at radius 2 is 1.76 bits per heavy atom. The summed E-state index contributed by atoms with van der Waals surface area (Å²) in [5, 5.41) is 3.05. The van der Waals surface area contributed by atoms with Gasteiger partial charge in [0.25, 0.3) is 5.91 Å². The zero-order valence-corrected chi connectivity index (χ0v) is 15.1. The molecule has 1 aromatic rings. The molecule has 2 amide bonds. The summed E-state index contributed by atoms with van der Waals surface area (Å²) in [7, 11) is 0. The Balaban J connectivity index is 1.59. The maximum atomic E-state index is 12.3. The Kier molecular flexibility index (Phi) is 6.10. The lowest BCUT2D eigenvalue weighted by Crippen LogP contribution is -2.39. The molecule has 0 aliphatic heterocycles. The minimum atomic E-state index is -0.172. The van der Waals surface area contributed by atoms with Gasteiger partial charge in [0.05, 0.1) is 6.54 Å². The van der Waals surface area contributed by atoms with Crippen LogP contribution in [0.2, 0.25) is 0 Å². The minimum Gasteiger partial charge on any atom is -0.446 e. The van der Waals surface area contributed by atoms with E-state index in [0.717, 1.165) is 38.5 Å². The van der Waals surface area contributed by atoms with Gasteiger partial charge in [0, 0.05) is 19.0 Å². The third kappa shape index (κ3) is 4.83. The monoisotopic (exact) mass is 347 g/mol. The maximum Gasteiger partial charge on any atom is 0.273 e. The number of amides is 2. The molecule has 0 unspecified atom stereocenters. The molecule has 1 aromatic heterocycles. The highest BCUT2D eigenvalue weighted by molar-refractivity contribution is 5.92. The van der Waals surface area contributed by atoms with Crippen LogP contribution in [0.15, 0.2) is 10.7 Å². The third-order valence-electron chi connectivity index (χ3n) is 5.45. The van der Waals surface area contributed by atoms with Crippen molar-refractivity contribution >= 4 is 11.8 Å². The fourth-order valence-corrected chi connectivity index (χ4v) is 4.03. The molecular formula is C19H29N3O3. The Labute approximate surface area is 149 Å². The van der Waals surface area contributed by atoms with E-state index in [9.17, 15) is 9.59 Å². The number of rotatable bonds is 5. The zero-order chi connectivity index (χ0) is 17.6. The largest absolute Gasteiger partial charge is 0.446 e. The van der Waals surface area contributed by atoms with E-state index in [4.69, 9.17) is 4.42 Å². The standard InChI is InChI=1S/C19H29N3O3/c1-14(23)22(16-10-6-3-7-11-16)12-18-21-17(13-25-18)19(24)20-15-8-4-2-5-9-15/h13,15-16H,2-12H2,1H3,(H,20,24). The van der Waals surface area contributed by atoms with Crippen molar-refractivity contribution in [3.8, 4) is 0 Å². The van der Waals surface area contributed by atoms with E-state index in [0.29, 0.717) is 18.1 Å². The Bertz CT molecular complexity index is 586. The molecule has 0 atom stereocenters. The van der Waals surface area contributed by atoms with Crippen molar-refractivity contribution in [2.45, 2.75) is 89.8 Å². The van der Waals surface area contributed by atoms with Gasteiger partial charge in [-0.2, -0.15) is 0 Å². The van der Waals surface area contributed by atoms with Crippen LogP contribution in [0.4, 0.5) is 0 Å². The first-order chi connectivity index (χ1) is 12.1. The first kappa shape index (κ1) is 18.0. The molecular weight excluding hydrogens is 318 g/mol. The molecule has 0 saturated heterocycles. The summed E-state index contributed by atoms with van der Waals surface area (Å²) in [5.41, 5.74) is 0.313. The normalized spacial score (nSPS) is 19.6. The SMILES string of the molecule is CC(=O)N(Cc1nc(C(=O)NC2CCCCC2)co1)C1CCCCC1. The maximum absolute atomic E-state index is 12.3. The molecule has 0 radical (unpaired) electrons. The zero-order valence-electron chi connectivity index (χ0n) is 15.1. The quantitative estimate of drug-likeness (QED) is 0.885. The summed E-state index contributed by atoms with van der Waals surface area (Å²) >= 11 is 0. The molecule has 25 heavy (non-hydrogen) atoms. The molecule has 0 spiro atoms. The van der Waals surface area contributed by atoms with Gasteiger partial charge in [-0.05, 0) is 25.7 Å². The molecule has 2 aliphatic rings. The predicted octanol–water partition coefficient (Wildman–Crippen LogP) is 3.42. The highest BCUT2D eigenvalue weighted by atomic mass is 16.3. The average Bonchev–Trinajstić information content (AvgIpc) is 3.10. The van der Waals surface area contributed by atoms with Crippen molar-refractivity contribution in [3.63, 3.8) is 0 Å². The number of nitrogens with one attached hydrogen (secondary N) is 1. The lowest BCUT2D eigenvalue weighted by atomic mass is 9.94. The van der Waals surface area contributed by atoms with E-state index in [1.807, 2.05) is 4.90 Å². The lowest BCUT2D eigenvalue weighted by molar-refractivity contribution is -0.132. The van der Waals surface area contributed by atoms with Crippen molar-refractivity contribution in [2.24, 2.45) is 0 Å². The number of nitrogens with zero attached hydrogens (tertiary/aromatic N) is 2. The molecule has 2 aliphatic carbocycles. The average molecular weight is 347 g/mol. The number of hydrogen-bond donors (Lipinski definition) is 1. The van der Waals surface area contributed by atoms with Gasteiger partial charge in [0.2, 0.25) is 11.8 Å². The highest BCUT2D eigenvalue weighted by Gasteiger charge is 2.25. The second-order valence-corrected chi connectivity index (χ2v) is 7.37. The number of aromatic nitrogens is 1. The second kappa shape index (κ2) is 8.50. The van der Waals surface area contributed by atoms with Crippen molar-refractivity contribution in [1.82, 2.24) is 15.2 Å². The first-order valence-electron chi connectivity index (χ1n) is 9.66. The van der Waals surface area contributed by atoms with Crippen LogP contribution >= 0.6 is 0 Å². The predicted molar refractivity (Wildman–Crippen MR) is 93.9 cm³/mol. The van der Waals surface area contributed by atoms with E-state index < -0.39 is 0 Å². The van der Waals surface area contributed by atoms with Gasteiger partial charge in [-0.25, -0.2) is 4.98 Å². The van der Waals surface area contributed by atoms with E-state index in [2.05, 4.69) is 10.3 Å². The first-order valence-corrected chi connectivity index (χ1v) is 9.66. The molecule has 2 fully saturated rings. The van der Waals surface area contributed by atoms with Crippen LogP contribution in [0, 0.1) is 0 Å². The van der Waals surface area contributed by atoms with Crippen LogP contribution < -0.4 is 5.32 Å². The smallest absolute Gasteiger partial charge is 0.273 e. The fraction of sp³-hybridized carbons (Fsp3) is 0.737. The number of hydrogen-bond acceptors (Lipinski definition) is 4. The van der Waals surface area contributed by atoms with Crippen LogP contribution in [0.1, 0.15) is 87.5 Å². The van der Waals surface area contributed by atoms with Crippen molar-refractivity contribution in [3.05, 3.63) is 17.8 Å². The molecule has 2 saturated carbocycles. The van der Waals surface area contributed by atoms with Gasteiger partial charge in [-0.1, -0.05) is 38.5 Å². The molecule has 0 aromatic carbocycles. The minimum absolute atomic E-state index is 0.0401. The summed E-state index contributed by atoms with van der Waals surface area (Å²) in [6.45, 7) is 1.94. The Hall–Kier alpha value is -1.85. The van der Waals surface area contributed by atoms with E-state index in [-0.39, 0.29) is 23.9 Å². The van der Waals surface area contributed by atoms with Gasteiger partial charge in [-0.3, -0.25) is 9.59 Å². The highest BCUT2D eigenvalue weighted by Crippen LogP contribution is 2.24. The van der Waals surface area contributed by atoms with Gasteiger partial charge in [0.15, 0.2) is 5.69 Å². The second-order valence-electron chi connectivity index (χ2n) is 7.37. The number of oxazole rings is 1. The third-order valence-corrected chi connectivity index (χ3v) is 5.45. The summed E-state index contributed by atoms with van der Waals surface area (Å²) in [6, 6.07) is 0.509. The van der Waals surface area contributed by atoms with Crippen LogP contribution in [-0.4, -0.2) is 33.8 Å². The van der Waals surface area contributed by atoms with E-state index in [1.165, 1.54) is 31.9 Å². The molecule has 138 valence electrons. The number of carbonyl (C=O) groups excluding carboxylic acids is 2. The molecule has 6 heteroatoms. The van der Waals surface area contributed by atoms with Gasteiger partial charge < -0.3 is 14.6 Å².